The van der Waals surface area contributed by atoms with Crippen LogP contribution in [-0.2, 0) is 6.42 Å². The number of ketones is 1. The van der Waals surface area contributed by atoms with Gasteiger partial charge in [-0.3, -0.25) is 9.78 Å². The lowest BCUT2D eigenvalue weighted by molar-refractivity contribution is 0.104. The van der Waals surface area contributed by atoms with Gasteiger partial charge in [-0.2, -0.15) is 0 Å². The van der Waals surface area contributed by atoms with Crippen LogP contribution in [0.25, 0.3) is 10.6 Å². The van der Waals surface area contributed by atoms with Gasteiger partial charge >= 0.3 is 0 Å². The van der Waals surface area contributed by atoms with E-state index in [4.69, 9.17) is 0 Å². The molecule has 2 aromatic heterocycles. The Bertz CT molecular complexity index is 674. The fourth-order valence-electron chi connectivity index (χ4n) is 1.85. The van der Waals surface area contributed by atoms with Crippen LogP contribution in [0.2, 0.25) is 0 Å². The smallest absolute Gasteiger partial charge is 0.199 e. The molecule has 2 heterocycles. The minimum absolute atomic E-state index is 0.00489. The van der Waals surface area contributed by atoms with E-state index in [0.717, 1.165) is 28.4 Å². The summed E-state index contributed by atoms with van der Waals surface area (Å²) in [4.78, 5) is 23.5. The molecule has 2 rings (SSSR count). The zero-order valence-electron chi connectivity index (χ0n) is 12.8. The number of carbonyl (C=O) groups is 1. The first-order chi connectivity index (χ1) is 10.0. The van der Waals surface area contributed by atoms with Crippen LogP contribution in [0.4, 0.5) is 0 Å². The summed E-state index contributed by atoms with van der Waals surface area (Å²) in [6, 6.07) is 3.96. The predicted molar refractivity (Wildman–Crippen MR) is 86.6 cm³/mol. The molecule has 0 atom stereocenters. The number of thiazole rings is 1. The first kappa shape index (κ1) is 15.4. The van der Waals surface area contributed by atoms with E-state index >= 15 is 0 Å². The normalized spacial score (nSPS) is 11.0. The van der Waals surface area contributed by atoms with Gasteiger partial charge in [-0.05, 0) is 25.5 Å². The van der Waals surface area contributed by atoms with Crippen molar-refractivity contribution >= 4 is 17.1 Å². The minimum Gasteiger partial charge on any atom is -0.383 e. The molecule has 5 heteroatoms. The molecule has 0 fully saturated rings. The molecule has 0 aliphatic carbocycles. The van der Waals surface area contributed by atoms with Crippen molar-refractivity contribution in [2.24, 2.45) is 0 Å². The van der Waals surface area contributed by atoms with E-state index in [-0.39, 0.29) is 5.78 Å². The summed E-state index contributed by atoms with van der Waals surface area (Å²) < 4.78 is 0. The van der Waals surface area contributed by atoms with Crippen LogP contribution in [0.3, 0.4) is 0 Å². The van der Waals surface area contributed by atoms with E-state index in [2.05, 4.69) is 16.9 Å². The molecular formula is C16H19N3OS. The maximum absolute atomic E-state index is 12.2. The number of carbonyl (C=O) groups excluding carboxylic acids is 1. The Labute approximate surface area is 129 Å². The van der Waals surface area contributed by atoms with Crippen LogP contribution < -0.4 is 0 Å². The van der Waals surface area contributed by atoms with Gasteiger partial charge in [-0.25, -0.2) is 4.98 Å². The van der Waals surface area contributed by atoms with Crippen molar-refractivity contribution in [1.82, 2.24) is 14.9 Å². The molecule has 21 heavy (non-hydrogen) atoms. The molecule has 0 aliphatic rings. The van der Waals surface area contributed by atoms with E-state index in [1.165, 1.54) is 11.3 Å². The van der Waals surface area contributed by atoms with Crippen LogP contribution in [0, 0.1) is 6.92 Å². The number of pyridine rings is 1. The zero-order chi connectivity index (χ0) is 15.4. The third-order valence-corrected chi connectivity index (χ3v) is 4.19. The largest absolute Gasteiger partial charge is 0.383 e. The van der Waals surface area contributed by atoms with Crippen LogP contribution in [-0.4, -0.2) is 34.7 Å². The SMILES string of the molecule is CCc1cc(-c2nc(C)c(C(=O)C=CN(C)C)s2)ccn1. The second-order valence-corrected chi connectivity index (χ2v) is 5.97. The summed E-state index contributed by atoms with van der Waals surface area (Å²) in [5.74, 6) is -0.00489. The average Bonchev–Trinajstić information content (AvgIpc) is 2.87. The van der Waals surface area contributed by atoms with Crippen LogP contribution in [0.1, 0.15) is 28.0 Å². The first-order valence-electron chi connectivity index (χ1n) is 6.83. The maximum atomic E-state index is 12.2. The fraction of sp³-hybridized carbons (Fsp3) is 0.312. The van der Waals surface area contributed by atoms with Gasteiger partial charge < -0.3 is 4.90 Å². The summed E-state index contributed by atoms with van der Waals surface area (Å²) in [7, 11) is 3.77. The highest BCUT2D eigenvalue weighted by atomic mass is 32.1. The molecule has 110 valence electrons. The Hall–Kier alpha value is -2.01. The lowest BCUT2D eigenvalue weighted by atomic mass is 10.2. The number of aromatic nitrogens is 2. The number of hydrogen-bond acceptors (Lipinski definition) is 5. The Balaban J connectivity index is 2.32. The molecule has 0 spiro atoms. The molecular weight excluding hydrogens is 282 g/mol. The van der Waals surface area contributed by atoms with E-state index < -0.39 is 0 Å². The van der Waals surface area contributed by atoms with Crippen LogP contribution in [0.15, 0.2) is 30.6 Å². The quantitative estimate of drug-likeness (QED) is 0.628. The van der Waals surface area contributed by atoms with Crippen molar-refractivity contribution < 1.29 is 4.79 Å². The second kappa shape index (κ2) is 6.63. The Morgan fingerprint density at radius 2 is 2.19 bits per heavy atom. The molecule has 0 amide bonds. The Morgan fingerprint density at radius 1 is 1.43 bits per heavy atom. The molecule has 2 aromatic rings. The third kappa shape index (κ3) is 3.76. The van der Waals surface area contributed by atoms with Crippen LogP contribution >= 0.6 is 11.3 Å². The highest BCUT2D eigenvalue weighted by Gasteiger charge is 2.14. The van der Waals surface area contributed by atoms with Gasteiger partial charge in [0.25, 0.3) is 0 Å². The van der Waals surface area contributed by atoms with Crippen molar-refractivity contribution in [3.63, 3.8) is 0 Å². The molecule has 0 saturated carbocycles. The molecule has 0 aromatic carbocycles. The van der Waals surface area contributed by atoms with Gasteiger partial charge in [-0.15, -0.1) is 11.3 Å². The van der Waals surface area contributed by atoms with Crippen molar-refractivity contribution in [1.29, 1.82) is 0 Å². The standard InChI is InChI=1S/C16H19N3OS/c1-5-13-10-12(6-8-17-13)16-18-11(2)15(21-16)14(20)7-9-19(3)4/h6-10H,5H2,1-4H3. The van der Waals surface area contributed by atoms with Crippen molar-refractivity contribution in [2.75, 3.05) is 14.1 Å². The summed E-state index contributed by atoms with van der Waals surface area (Å²) in [6.07, 6.45) is 6.00. The van der Waals surface area contributed by atoms with Gasteiger partial charge in [0.1, 0.15) is 5.01 Å². The highest BCUT2D eigenvalue weighted by molar-refractivity contribution is 7.17. The average molecular weight is 301 g/mol. The summed E-state index contributed by atoms with van der Waals surface area (Å²) in [5.41, 5.74) is 2.82. The third-order valence-electron chi connectivity index (χ3n) is 2.97. The predicted octanol–water partition coefficient (Wildman–Crippen LogP) is 3.33. The van der Waals surface area contributed by atoms with Gasteiger partial charge in [0, 0.05) is 43.8 Å². The molecule has 0 bridgehead atoms. The lowest BCUT2D eigenvalue weighted by Gasteiger charge is -2.01. The Morgan fingerprint density at radius 3 is 2.86 bits per heavy atom. The van der Waals surface area contributed by atoms with Gasteiger partial charge in [0.05, 0.1) is 10.6 Å². The van der Waals surface area contributed by atoms with Gasteiger partial charge in [-0.1, -0.05) is 6.92 Å². The van der Waals surface area contributed by atoms with Crippen molar-refractivity contribution in [2.45, 2.75) is 20.3 Å². The summed E-state index contributed by atoms with van der Waals surface area (Å²) >= 11 is 1.43. The first-order valence-corrected chi connectivity index (χ1v) is 7.64. The number of aryl methyl sites for hydroxylation is 2. The minimum atomic E-state index is -0.00489. The van der Waals surface area contributed by atoms with Crippen molar-refractivity contribution in [3.8, 4) is 10.6 Å². The van der Waals surface area contributed by atoms with Gasteiger partial charge in [0.2, 0.25) is 0 Å². The highest BCUT2D eigenvalue weighted by Crippen LogP contribution is 2.28. The maximum Gasteiger partial charge on any atom is 0.199 e. The summed E-state index contributed by atoms with van der Waals surface area (Å²) in [5, 5.41) is 0.867. The number of allylic oxidation sites excluding steroid dienone is 1. The molecule has 0 N–H and O–H groups in total. The van der Waals surface area contributed by atoms with Gasteiger partial charge in [0.15, 0.2) is 5.78 Å². The number of nitrogens with zero attached hydrogens (tertiary/aromatic N) is 3. The van der Waals surface area contributed by atoms with Crippen LogP contribution in [0.5, 0.6) is 0 Å². The monoisotopic (exact) mass is 301 g/mol. The molecule has 0 aliphatic heterocycles. The summed E-state index contributed by atoms with van der Waals surface area (Å²) in [6.45, 7) is 3.94. The molecule has 0 saturated heterocycles. The van der Waals surface area contributed by atoms with Crippen molar-refractivity contribution in [3.05, 3.63) is 46.9 Å². The topological polar surface area (TPSA) is 46.1 Å². The van der Waals surface area contributed by atoms with E-state index in [9.17, 15) is 4.79 Å². The fourth-order valence-corrected chi connectivity index (χ4v) is 2.83. The lowest BCUT2D eigenvalue weighted by Crippen LogP contribution is -2.02. The zero-order valence-corrected chi connectivity index (χ0v) is 13.6. The second-order valence-electron chi connectivity index (χ2n) is 4.97. The van der Waals surface area contributed by atoms with E-state index in [0.29, 0.717) is 4.88 Å². The molecule has 4 nitrogen and oxygen atoms in total. The number of rotatable bonds is 5. The Kier molecular flexibility index (Phi) is 4.85. The van der Waals surface area contributed by atoms with E-state index in [1.807, 2.05) is 38.1 Å². The number of hydrogen-bond donors (Lipinski definition) is 0. The molecule has 0 radical (unpaired) electrons. The van der Waals surface area contributed by atoms with E-state index in [1.54, 1.807) is 18.5 Å². The molecule has 0 unspecified atom stereocenters.